The van der Waals surface area contributed by atoms with Crippen molar-refractivity contribution in [2.75, 3.05) is 12.4 Å². The molecule has 0 aliphatic rings. The van der Waals surface area contributed by atoms with Crippen LogP contribution in [-0.2, 0) is 15.5 Å². The Morgan fingerprint density at radius 2 is 1.77 bits per heavy atom. The van der Waals surface area contributed by atoms with Crippen LogP contribution in [0.15, 0.2) is 53.4 Å². The molecule has 0 aliphatic heterocycles. The molecular weight excluding hydrogens is 350 g/mol. The number of para-hydroxylation sites is 1. The minimum Gasteiger partial charge on any atom is -0.454 e. The molecule has 0 fully saturated rings. The minimum absolute atomic E-state index is 0.233. The molecule has 1 aromatic heterocycles. The number of Topliss-reactive ketones (excluding diaryl/α,β-unsaturated/α-hetero) is 1. The molecule has 3 aromatic rings. The fourth-order valence-corrected chi connectivity index (χ4v) is 3.84. The van der Waals surface area contributed by atoms with Gasteiger partial charge in [0.25, 0.3) is 0 Å². The number of nitrogens with one attached hydrogen (secondary N) is 1. The topological polar surface area (TPSA) is 76.2 Å². The van der Waals surface area contributed by atoms with E-state index < -0.39 is 16.8 Å². The van der Waals surface area contributed by atoms with E-state index in [9.17, 15) is 13.8 Å². The Kier molecular flexibility index (Phi) is 5.32. The van der Waals surface area contributed by atoms with Gasteiger partial charge >= 0.3 is 5.97 Å². The van der Waals surface area contributed by atoms with Crippen LogP contribution in [0.2, 0.25) is 0 Å². The van der Waals surface area contributed by atoms with Crippen molar-refractivity contribution in [3.8, 4) is 0 Å². The van der Waals surface area contributed by atoms with Crippen LogP contribution in [0.25, 0.3) is 10.9 Å². The first-order valence-electron chi connectivity index (χ1n) is 8.28. The molecule has 134 valence electrons. The van der Waals surface area contributed by atoms with Crippen LogP contribution in [-0.4, -0.2) is 33.3 Å². The lowest BCUT2D eigenvalue weighted by atomic mass is 10.1. The van der Waals surface area contributed by atoms with Gasteiger partial charge in [0.15, 0.2) is 6.61 Å². The fraction of sp³-hybridized carbons (Fsp3) is 0.200. The van der Waals surface area contributed by atoms with E-state index >= 15 is 0 Å². The molecule has 3 rings (SSSR count). The average Bonchev–Trinajstić information content (AvgIpc) is 3.01. The SMILES string of the molecule is CC[S@](=O)c1ccccc1C(=O)OCC(=O)c1c(C)[nH]c2ccccc12. The van der Waals surface area contributed by atoms with E-state index in [0.717, 1.165) is 16.6 Å². The zero-order valence-electron chi connectivity index (χ0n) is 14.6. The number of fused-ring (bicyclic) bond motifs is 1. The van der Waals surface area contributed by atoms with Crippen molar-refractivity contribution < 1.29 is 18.5 Å². The van der Waals surface area contributed by atoms with Gasteiger partial charge in [-0.1, -0.05) is 37.3 Å². The standard InChI is InChI=1S/C20H19NO4S/c1-3-26(24)18-11-7-5-9-15(18)20(23)25-12-17(22)19-13(2)21-16-10-6-4-8-14(16)19/h4-11,21H,3,12H2,1-2H3/t26-/m0/s1. The number of benzene rings is 2. The van der Waals surface area contributed by atoms with Crippen LogP contribution in [0.4, 0.5) is 0 Å². The molecule has 0 amide bonds. The molecule has 2 aromatic carbocycles. The van der Waals surface area contributed by atoms with Gasteiger partial charge in [0, 0.05) is 27.9 Å². The monoisotopic (exact) mass is 369 g/mol. The van der Waals surface area contributed by atoms with E-state index in [1.54, 1.807) is 31.2 Å². The number of carbonyl (C=O) groups excluding carboxylic acids is 2. The van der Waals surface area contributed by atoms with Crippen LogP contribution >= 0.6 is 0 Å². The van der Waals surface area contributed by atoms with Crippen molar-refractivity contribution in [2.45, 2.75) is 18.7 Å². The van der Waals surface area contributed by atoms with E-state index in [0.29, 0.717) is 16.2 Å². The van der Waals surface area contributed by atoms with Crippen molar-refractivity contribution >= 4 is 33.5 Å². The van der Waals surface area contributed by atoms with Crippen molar-refractivity contribution in [1.29, 1.82) is 0 Å². The van der Waals surface area contributed by atoms with Crippen LogP contribution < -0.4 is 0 Å². The third kappa shape index (κ3) is 3.46. The number of hydrogen-bond donors (Lipinski definition) is 1. The number of ether oxygens (including phenoxy) is 1. The summed E-state index contributed by atoms with van der Waals surface area (Å²) in [5.74, 6) is -0.520. The molecule has 26 heavy (non-hydrogen) atoms. The van der Waals surface area contributed by atoms with Gasteiger partial charge in [-0.05, 0) is 25.1 Å². The lowest BCUT2D eigenvalue weighted by molar-refractivity contribution is 0.0471. The zero-order valence-corrected chi connectivity index (χ0v) is 15.4. The minimum atomic E-state index is -1.28. The van der Waals surface area contributed by atoms with Crippen molar-refractivity contribution in [3.05, 3.63) is 65.4 Å². The summed E-state index contributed by atoms with van der Waals surface area (Å²) in [5.41, 5.74) is 2.36. The van der Waals surface area contributed by atoms with Gasteiger partial charge in [-0.25, -0.2) is 4.79 Å². The van der Waals surface area contributed by atoms with E-state index in [-0.39, 0.29) is 18.0 Å². The highest BCUT2D eigenvalue weighted by Crippen LogP contribution is 2.22. The predicted octanol–water partition coefficient (Wildman–Crippen LogP) is 3.64. The second-order valence-corrected chi connectivity index (χ2v) is 7.51. The fourth-order valence-electron chi connectivity index (χ4n) is 2.91. The number of aryl methyl sites for hydroxylation is 1. The molecule has 1 heterocycles. The van der Waals surface area contributed by atoms with Crippen LogP contribution in [0, 0.1) is 6.92 Å². The summed E-state index contributed by atoms with van der Waals surface area (Å²) in [4.78, 5) is 28.6. The molecule has 0 unspecified atom stereocenters. The molecular formula is C20H19NO4S. The van der Waals surface area contributed by atoms with E-state index in [4.69, 9.17) is 4.74 Å². The third-order valence-electron chi connectivity index (χ3n) is 4.12. The Balaban J connectivity index is 1.79. The number of hydrogen-bond acceptors (Lipinski definition) is 4. The molecule has 6 heteroatoms. The number of aromatic nitrogens is 1. The Bertz CT molecular complexity index is 1010. The van der Waals surface area contributed by atoms with Crippen molar-refractivity contribution in [3.63, 3.8) is 0 Å². The summed E-state index contributed by atoms with van der Waals surface area (Å²) in [6, 6.07) is 14.1. The Hall–Kier alpha value is -2.73. The van der Waals surface area contributed by atoms with Crippen LogP contribution in [0.3, 0.4) is 0 Å². The Morgan fingerprint density at radius 1 is 1.08 bits per heavy atom. The number of H-pyrrole nitrogens is 1. The second-order valence-electron chi connectivity index (χ2n) is 5.80. The number of esters is 1. The Morgan fingerprint density at radius 3 is 2.54 bits per heavy atom. The number of ketones is 1. The first kappa shape index (κ1) is 18.1. The summed E-state index contributed by atoms with van der Waals surface area (Å²) >= 11 is 0. The maximum atomic E-state index is 12.6. The van der Waals surface area contributed by atoms with Gasteiger partial charge < -0.3 is 9.72 Å². The van der Waals surface area contributed by atoms with Crippen molar-refractivity contribution in [2.24, 2.45) is 0 Å². The molecule has 0 saturated heterocycles. The average molecular weight is 369 g/mol. The van der Waals surface area contributed by atoms with Gasteiger partial charge in [0.2, 0.25) is 5.78 Å². The van der Waals surface area contributed by atoms with E-state index in [1.165, 1.54) is 0 Å². The van der Waals surface area contributed by atoms with Gasteiger partial charge in [-0.3, -0.25) is 9.00 Å². The van der Waals surface area contributed by atoms with Crippen LogP contribution in [0.5, 0.6) is 0 Å². The summed E-state index contributed by atoms with van der Waals surface area (Å²) in [7, 11) is -1.28. The van der Waals surface area contributed by atoms with Gasteiger partial charge in [-0.15, -0.1) is 0 Å². The van der Waals surface area contributed by atoms with Gasteiger partial charge in [-0.2, -0.15) is 0 Å². The molecule has 0 spiro atoms. The molecule has 0 radical (unpaired) electrons. The highest BCUT2D eigenvalue weighted by atomic mass is 32.2. The molecule has 1 atom stereocenters. The lowest BCUT2D eigenvalue weighted by Crippen LogP contribution is -2.16. The number of rotatable bonds is 6. The summed E-state index contributed by atoms with van der Waals surface area (Å²) in [6.07, 6.45) is 0. The first-order valence-corrected chi connectivity index (χ1v) is 9.59. The van der Waals surface area contributed by atoms with Gasteiger partial charge in [0.05, 0.1) is 21.3 Å². The second kappa shape index (κ2) is 7.66. The normalized spacial score (nSPS) is 12.1. The maximum absolute atomic E-state index is 12.6. The Labute approximate surface area is 153 Å². The number of carbonyl (C=O) groups is 2. The van der Waals surface area contributed by atoms with Crippen molar-refractivity contribution in [1.82, 2.24) is 4.98 Å². The lowest BCUT2D eigenvalue weighted by Gasteiger charge is -2.08. The molecule has 0 bridgehead atoms. The smallest absolute Gasteiger partial charge is 0.339 e. The predicted molar refractivity (Wildman–Crippen MR) is 101 cm³/mol. The molecule has 0 aliphatic carbocycles. The highest BCUT2D eigenvalue weighted by molar-refractivity contribution is 7.85. The third-order valence-corrected chi connectivity index (χ3v) is 5.49. The molecule has 5 nitrogen and oxygen atoms in total. The van der Waals surface area contributed by atoms with E-state index in [2.05, 4.69) is 4.98 Å². The summed E-state index contributed by atoms with van der Waals surface area (Å²) in [6.45, 7) is 3.23. The first-order chi connectivity index (χ1) is 12.5. The number of aromatic amines is 1. The van der Waals surface area contributed by atoms with Crippen LogP contribution in [0.1, 0.15) is 33.3 Å². The summed E-state index contributed by atoms with van der Waals surface area (Å²) in [5, 5.41) is 0.804. The van der Waals surface area contributed by atoms with Gasteiger partial charge in [0.1, 0.15) is 0 Å². The molecule has 0 saturated carbocycles. The molecule has 1 N–H and O–H groups in total. The maximum Gasteiger partial charge on any atom is 0.339 e. The van der Waals surface area contributed by atoms with E-state index in [1.807, 2.05) is 31.2 Å². The highest BCUT2D eigenvalue weighted by Gasteiger charge is 2.20. The summed E-state index contributed by atoms with van der Waals surface area (Å²) < 4.78 is 17.3. The zero-order chi connectivity index (χ0) is 18.7. The quantitative estimate of drug-likeness (QED) is 0.532. The largest absolute Gasteiger partial charge is 0.454 e.